The van der Waals surface area contributed by atoms with Crippen molar-refractivity contribution in [3.8, 4) is 10.6 Å². The Morgan fingerprint density at radius 1 is 1.25 bits per heavy atom. The molecule has 1 aromatic carbocycles. The van der Waals surface area contributed by atoms with Crippen LogP contribution < -0.4 is 5.73 Å². The van der Waals surface area contributed by atoms with Crippen LogP contribution in [0.1, 0.15) is 31.2 Å². The van der Waals surface area contributed by atoms with Crippen molar-refractivity contribution in [2.45, 2.75) is 26.2 Å². The van der Waals surface area contributed by atoms with E-state index in [4.69, 9.17) is 5.73 Å². The molecule has 0 aliphatic heterocycles. The van der Waals surface area contributed by atoms with Gasteiger partial charge in [0.05, 0.1) is 0 Å². The molecule has 0 amide bonds. The fourth-order valence-electron chi connectivity index (χ4n) is 2.20. The first kappa shape index (κ1) is 13.2. The van der Waals surface area contributed by atoms with Gasteiger partial charge in [0.2, 0.25) is 4.96 Å². The molecule has 6 heteroatoms. The lowest BCUT2D eigenvalue weighted by atomic mass is 10.1. The molecule has 0 spiro atoms. The van der Waals surface area contributed by atoms with E-state index in [1.807, 2.05) is 16.6 Å². The van der Waals surface area contributed by atoms with Crippen LogP contribution >= 0.6 is 11.3 Å². The highest BCUT2D eigenvalue weighted by molar-refractivity contribution is 7.19. The van der Waals surface area contributed by atoms with Gasteiger partial charge in [0.25, 0.3) is 0 Å². The maximum absolute atomic E-state index is 5.68. The van der Waals surface area contributed by atoms with Crippen LogP contribution in [0.25, 0.3) is 15.5 Å². The maximum Gasteiger partial charge on any atom is 0.234 e. The zero-order valence-corrected chi connectivity index (χ0v) is 12.4. The van der Waals surface area contributed by atoms with Crippen LogP contribution in [0.15, 0.2) is 24.3 Å². The van der Waals surface area contributed by atoms with Gasteiger partial charge >= 0.3 is 0 Å². The van der Waals surface area contributed by atoms with E-state index in [9.17, 15) is 0 Å². The SMILES string of the molecule is CC(C)c1nnc2sc(-c3ccccc3CCN)nn12. The summed E-state index contributed by atoms with van der Waals surface area (Å²) in [7, 11) is 0. The van der Waals surface area contributed by atoms with Gasteiger partial charge in [0, 0.05) is 11.5 Å². The summed E-state index contributed by atoms with van der Waals surface area (Å²) in [5.74, 6) is 1.21. The normalized spacial score (nSPS) is 11.6. The molecule has 3 aromatic rings. The molecule has 2 N–H and O–H groups in total. The van der Waals surface area contributed by atoms with Gasteiger partial charge in [-0.2, -0.15) is 9.61 Å². The number of fused-ring (bicyclic) bond motifs is 1. The summed E-state index contributed by atoms with van der Waals surface area (Å²) < 4.78 is 1.85. The first-order chi connectivity index (χ1) is 9.70. The first-order valence-corrected chi connectivity index (χ1v) is 7.53. The second kappa shape index (κ2) is 5.30. The van der Waals surface area contributed by atoms with Crippen LogP contribution in [0, 0.1) is 0 Å². The molecular formula is C14H17N5S. The number of benzene rings is 1. The minimum atomic E-state index is 0.305. The molecule has 2 aromatic heterocycles. The van der Waals surface area contributed by atoms with Gasteiger partial charge < -0.3 is 5.73 Å². The van der Waals surface area contributed by atoms with Gasteiger partial charge in [-0.25, -0.2) is 0 Å². The number of rotatable bonds is 4. The number of nitrogens with two attached hydrogens (primary N) is 1. The van der Waals surface area contributed by atoms with Crippen LogP contribution in [-0.4, -0.2) is 26.4 Å². The predicted octanol–water partition coefficient (Wildman–Crippen LogP) is 2.48. The lowest BCUT2D eigenvalue weighted by Gasteiger charge is -2.04. The smallest absolute Gasteiger partial charge is 0.234 e. The zero-order valence-electron chi connectivity index (χ0n) is 11.6. The molecule has 0 aliphatic carbocycles. The molecule has 3 rings (SSSR count). The van der Waals surface area contributed by atoms with E-state index in [1.165, 1.54) is 5.56 Å². The molecule has 0 saturated heterocycles. The lowest BCUT2D eigenvalue weighted by molar-refractivity contribution is 0.726. The number of hydrogen-bond donors (Lipinski definition) is 1. The number of hydrogen-bond acceptors (Lipinski definition) is 5. The monoisotopic (exact) mass is 287 g/mol. The standard InChI is InChI=1S/C14H17N5S/c1-9(2)12-16-17-14-19(12)18-13(20-14)11-6-4-3-5-10(11)7-8-15/h3-6,9H,7-8,15H2,1-2H3. The van der Waals surface area contributed by atoms with Crippen molar-refractivity contribution >= 4 is 16.3 Å². The summed E-state index contributed by atoms with van der Waals surface area (Å²) in [6, 6.07) is 8.26. The lowest BCUT2D eigenvalue weighted by Crippen LogP contribution is -2.04. The van der Waals surface area contributed by atoms with Crippen LogP contribution in [0.4, 0.5) is 0 Å². The summed E-state index contributed by atoms with van der Waals surface area (Å²) in [6.07, 6.45) is 0.855. The summed E-state index contributed by atoms with van der Waals surface area (Å²) >= 11 is 1.57. The molecule has 0 saturated carbocycles. The second-order valence-corrected chi connectivity index (χ2v) is 5.97. The molecule has 0 atom stereocenters. The van der Waals surface area contributed by atoms with E-state index in [0.717, 1.165) is 27.8 Å². The maximum atomic E-state index is 5.68. The van der Waals surface area contributed by atoms with E-state index in [2.05, 4.69) is 41.3 Å². The Kier molecular flexibility index (Phi) is 3.50. The van der Waals surface area contributed by atoms with Gasteiger partial charge in [-0.05, 0) is 18.5 Å². The van der Waals surface area contributed by atoms with Gasteiger partial charge in [-0.3, -0.25) is 0 Å². The van der Waals surface area contributed by atoms with E-state index < -0.39 is 0 Å². The van der Waals surface area contributed by atoms with E-state index in [-0.39, 0.29) is 0 Å². The van der Waals surface area contributed by atoms with E-state index in [1.54, 1.807) is 11.3 Å². The van der Waals surface area contributed by atoms with Crippen molar-refractivity contribution in [2.24, 2.45) is 5.73 Å². The molecule has 104 valence electrons. The van der Waals surface area contributed by atoms with Crippen LogP contribution in [-0.2, 0) is 6.42 Å². The molecule has 0 aliphatic rings. The fourth-order valence-corrected chi connectivity index (χ4v) is 3.11. The zero-order chi connectivity index (χ0) is 14.1. The average Bonchev–Trinajstić information content (AvgIpc) is 2.99. The molecule has 0 fully saturated rings. The third-order valence-electron chi connectivity index (χ3n) is 3.19. The summed E-state index contributed by atoms with van der Waals surface area (Å²) in [5, 5.41) is 14.0. The number of nitrogens with zero attached hydrogens (tertiary/aromatic N) is 4. The van der Waals surface area contributed by atoms with Gasteiger partial charge in [0.15, 0.2) is 5.82 Å². The van der Waals surface area contributed by atoms with Crippen molar-refractivity contribution in [2.75, 3.05) is 6.54 Å². The third kappa shape index (κ3) is 2.21. The Morgan fingerprint density at radius 2 is 2.05 bits per heavy atom. The number of aromatic nitrogens is 4. The minimum Gasteiger partial charge on any atom is -0.330 e. The highest BCUT2D eigenvalue weighted by Crippen LogP contribution is 2.29. The van der Waals surface area contributed by atoms with Crippen molar-refractivity contribution in [1.29, 1.82) is 0 Å². The largest absolute Gasteiger partial charge is 0.330 e. The minimum absolute atomic E-state index is 0.305. The van der Waals surface area contributed by atoms with Crippen LogP contribution in [0.3, 0.4) is 0 Å². The Morgan fingerprint density at radius 3 is 2.80 bits per heavy atom. The highest BCUT2D eigenvalue weighted by Gasteiger charge is 2.16. The molecule has 20 heavy (non-hydrogen) atoms. The molecular weight excluding hydrogens is 270 g/mol. The summed E-state index contributed by atoms with van der Waals surface area (Å²) in [6.45, 7) is 4.83. The Hall–Kier alpha value is -1.79. The van der Waals surface area contributed by atoms with Crippen molar-refractivity contribution in [1.82, 2.24) is 19.8 Å². The third-order valence-corrected chi connectivity index (χ3v) is 4.12. The Labute approximate surface area is 121 Å². The van der Waals surface area contributed by atoms with Crippen molar-refractivity contribution < 1.29 is 0 Å². The predicted molar refractivity (Wildman–Crippen MR) is 80.9 cm³/mol. The Bertz CT molecular complexity index is 728. The van der Waals surface area contributed by atoms with Crippen LogP contribution in [0.5, 0.6) is 0 Å². The van der Waals surface area contributed by atoms with Gasteiger partial charge in [-0.15, -0.1) is 10.2 Å². The molecule has 0 bridgehead atoms. The molecule has 0 radical (unpaired) electrons. The molecule has 0 unspecified atom stereocenters. The highest BCUT2D eigenvalue weighted by atomic mass is 32.1. The van der Waals surface area contributed by atoms with E-state index >= 15 is 0 Å². The van der Waals surface area contributed by atoms with Crippen LogP contribution in [0.2, 0.25) is 0 Å². The van der Waals surface area contributed by atoms with Gasteiger partial charge in [-0.1, -0.05) is 49.4 Å². The first-order valence-electron chi connectivity index (χ1n) is 6.71. The van der Waals surface area contributed by atoms with E-state index in [0.29, 0.717) is 12.5 Å². The topological polar surface area (TPSA) is 69.1 Å². The summed E-state index contributed by atoms with van der Waals surface area (Å²) in [4.78, 5) is 0.839. The van der Waals surface area contributed by atoms with Crippen molar-refractivity contribution in [3.63, 3.8) is 0 Å². The van der Waals surface area contributed by atoms with Gasteiger partial charge in [0.1, 0.15) is 5.01 Å². The fraction of sp³-hybridized carbons (Fsp3) is 0.357. The molecule has 5 nitrogen and oxygen atoms in total. The molecule has 2 heterocycles. The van der Waals surface area contributed by atoms with Crippen molar-refractivity contribution in [3.05, 3.63) is 35.7 Å². The Balaban J connectivity index is 2.11. The second-order valence-electron chi connectivity index (χ2n) is 5.01. The summed E-state index contributed by atoms with van der Waals surface area (Å²) in [5.41, 5.74) is 8.05. The average molecular weight is 287 g/mol. The quantitative estimate of drug-likeness (QED) is 0.800.